The lowest BCUT2D eigenvalue weighted by atomic mass is 10.3. The van der Waals surface area contributed by atoms with Crippen LogP contribution >= 0.6 is 22.9 Å². The maximum Gasteiger partial charge on any atom is 0.375 e. The monoisotopic (exact) mass is 283 g/mol. The van der Waals surface area contributed by atoms with Crippen molar-refractivity contribution in [2.75, 3.05) is 0 Å². The van der Waals surface area contributed by atoms with E-state index in [-0.39, 0.29) is 0 Å². The third-order valence-corrected chi connectivity index (χ3v) is 3.53. The number of aromatic nitrogens is 2. The zero-order valence-electron chi connectivity index (χ0n) is 9.75. The molecule has 0 aliphatic carbocycles. The van der Waals surface area contributed by atoms with Crippen molar-refractivity contribution in [2.24, 2.45) is 12.2 Å². The van der Waals surface area contributed by atoms with Gasteiger partial charge >= 0.3 is 5.97 Å². The van der Waals surface area contributed by atoms with E-state index in [2.05, 4.69) is 10.3 Å². The number of rotatable bonds is 3. The molecule has 0 aliphatic rings. The molecule has 94 valence electrons. The van der Waals surface area contributed by atoms with Crippen LogP contribution in [0, 0.1) is 6.92 Å². The van der Waals surface area contributed by atoms with Gasteiger partial charge in [0.1, 0.15) is 10.0 Å². The van der Waals surface area contributed by atoms with Crippen LogP contribution in [0.1, 0.15) is 20.9 Å². The lowest BCUT2D eigenvalue weighted by molar-refractivity contribution is 0.0525. The molecule has 2 rings (SSSR count). The van der Waals surface area contributed by atoms with Crippen LogP contribution < -0.4 is 0 Å². The zero-order valence-corrected chi connectivity index (χ0v) is 11.3. The summed E-state index contributed by atoms with van der Waals surface area (Å²) in [4.78, 5) is 16.7. The number of hydrogen-bond acceptors (Lipinski definition) is 5. The van der Waals surface area contributed by atoms with E-state index in [1.165, 1.54) is 22.2 Å². The van der Waals surface area contributed by atoms with Gasteiger partial charge in [0.15, 0.2) is 0 Å². The average molecular weight is 284 g/mol. The van der Waals surface area contributed by atoms with Gasteiger partial charge in [-0.3, -0.25) is 4.68 Å². The number of carbonyl (C=O) groups excluding carboxylic acids is 1. The number of thiophene rings is 1. The molecule has 0 bridgehead atoms. The highest BCUT2D eigenvalue weighted by molar-refractivity contribution is 7.11. The number of nitrogens with zero attached hydrogens (tertiary/aromatic N) is 3. The lowest BCUT2D eigenvalue weighted by Crippen LogP contribution is -1.98. The Bertz CT molecular complexity index is 590. The van der Waals surface area contributed by atoms with Crippen LogP contribution in [0.4, 0.5) is 0 Å². The second-order valence-electron chi connectivity index (χ2n) is 3.50. The highest BCUT2D eigenvalue weighted by Crippen LogP contribution is 2.16. The second-order valence-corrected chi connectivity index (χ2v) is 4.81. The molecule has 0 saturated carbocycles. The minimum Gasteiger partial charge on any atom is -0.312 e. The van der Waals surface area contributed by atoms with Crippen LogP contribution in [0.15, 0.2) is 22.7 Å². The van der Waals surface area contributed by atoms with E-state index in [0.717, 1.165) is 5.69 Å². The van der Waals surface area contributed by atoms with Crippen LogP contribution in [-0.2, 0) is 11.9 Å². The maximum absolute atomic E-state index is 11.5. The molecule has 2 aromatic heterocycles. The standard InChI is InChI=1S/C11H10ClN3O2S/c1-7-8(10(12)15(2)14-7)6-13-17-11(16)9-4-3-5-18-9/h3-6H,1-2H3. The number of carbonyl (C=O) groups is 1. The minimum absolute atomic E-state index is 0.448. The molecule has 0 saturated heterocycles. The Balaban J connectivity index is 2.06. The van der Waals surface area contributed by atoms with Crippen molar-refractivity contribution in [2.45, 2.75) is 6.92 Å². The molecule has 0 spiro atoms. The van der Waals surface area contributed by atoms with Crippen molar-refractivity contribution in [1.82, 2.24) is 9.78 Å². The highest BCUT2D eigenvalue weighted by Gasteiger charge is 2.10. The molecule has 5 nitrogen and oxygen atoms in total. The lowest BCUT2D eigenvalue weighted by Gasteiger charge is -1.94. The van der Waals surface area contributed by atoms with Gasteiger partial charge in [-0.2, -0.15) is 5.10 Å². The number of oxime groups is 1. The van der Waals surface area contributed by atoms with E-state index in [0.29, 0.717) is 15.6 Å². The summed E-state index contributed by atoms with van der Waals surface area (Å²) in [6, 6.07) is 3.44. The molecule has 0 amide bonds. The van der Waals surface area contributed by atoms with Gasteiger partial charge in [0.05, 0.1) is 17.5 Å². The predicted molar refractivity (Wildman–Crippen MR) is 70.3 cm³/mol. The van der Waals surface area contributed by atoms with Crippen molar-refractivity contribution >= 4 is 35.1 Å². The molecule has 0 N–H and O–H groups in total. The van der Waals surface area contributed by atoms with E-state index in [9.17, 15) is 4.79 Å². The van der Waals surface area contributed by atoms with E-state index < -0.39 is 5.97 Å². The molecular weight excluding hydrogens is 274 g/mol. The van der Waals surface area contributed by atoms with E-state index in [4.69, 9.17) is 16.4 Å². The fraction of sp³-hybridized carbons (Fsp3) is 0.182. The summed E-state index contributed by atoms with van der Waals surface area (Å²) in [6.45, 7) is 1.80. The maximum atomic E-state index is 11.5. The quantitative estimate of drug-likeness (QED) is 0.494. The minimum atomic E-state index is -0.487. The molecule has 0 unspecified atom stereocenters. The van der Waals surface area contributed by atoms with Crippen LogP contribution in [0.2, 0.25) is 5.15 Å². The Kier molecular flexibility index (Phi) is 3.78. The Hall–Kier alpha value is -1.66. The largest absolute Gasteiger partial charge is 0.375 e. The van der Waals surface area contributed by atoms with Crippen LogP contribution in [-0.4, -0.2) is 22.0 Å². The molecule has 7 heteroatoms. The molecule has 0 fully saturated rings. The topological polar surface area (TPSA) is 56.5 Å². The normalized spacial score (nSPS) is 11.1. The van der Waals surface area contributed by atoms with Crippen molar-refractivity contribution in [3.05, 3.63) is 38.8 Å². The van der Waals surface area contributed by atoms with Crippen molar-refractivity contribution in [3.8, 4) is 0 Å². The SMILES string of the molecule is Cc1nn(C)c(Cl)c1C=NOC(=O)c1cccs1. The highest BCUT2D eigenvalue weighted by atomic mass is 35.5. The summed E-state index contributed by atoms with van der Waals surface area (Å²) in [6.07, 6.45) is 1.39. The molecule has 0 aliphatic heterocycles. The summed E-state index contributed by atoms with van der Waals surface area (Å²) in [5.74, 6) is -0.487. The predicted octanol–water partition coefficient (Wildman–Crippen LogP) is 2.63. The van der Waals surface area contributed by atoms with Gasteiger partial charge in [0.2, 0.25) is 0 Å². The molecule has 0 radical (unpaired) electrons. The first-order valence-electron chi connectivity index (χ1n) is 5.07. The summed E-state index contributed by atoms with van der Waals surface area (Å²) < 4.78 is 1.53. The van der Waals surface area contributed by atoms with Crippen molar-refractivity contribution in [1.29, 1.82) is 0 Å². The van der Waals surface area contributed by atoms with Crippen LogP contribution in [0.3, 0.4) is 0 Å². The van der Waals surface area contributed by atoms with Gasteiger partial charge in [0.25, 0.3) is 0 Å². The smallest absolute Gasteiger partial charge is 0.312 e. The summed E-state index contributed by atoms with van der Waals surface area (Å²) in [7, 11) is 1.73. The molecule has 2 aromatic rings. The van der Waals surface area contributed by atoms with Gasteiger partial charge in [-0.1, -0.05) is 22.8 Å². The Morgan fingerprint density at radius 3 is 3.00 bits per heavy atom. The van der Waals surface area contributed by atoms with E-state index in [1.807, 2.05) is 0 Å². The fourth-order valence-electron chi connectivity index (χ4n) is 1.36. The van der Waals surface area contributed by atoms with Crippen LogP contribution in [0.5, 0.6) is 0 Å². The molecule has 2 heterocycles. The second kappa shape index (κ2) is 5.32. The molecule has 0 aromatic carbocycles. The van der Waals surface area contributed by atoms with Crippen molar-refractivity contribution < 1.29 is 9.63 Å². The zero-order chi connectivity index (χ0) is 13.1. The van der Waals surface area contributed by atoms with Gasteiger partial charge in [-0.15, -0.1) is 11.3 Å². The van der Waals surface area contributed by atoms with Gasteiger partial charge < -0.3 is 4.84 Å². The molecule has 0 atom stereocenters. The third-order valence-electron chi connectivity index (χ3n) is 2.24. The van der Waals surface area contributed by atoms with Crippen LogP contribution in [0.25, 0.3) is 0 Å². The first-order valence-corrected chi connectivity index (χ1v) is 6.32. The summed E-state index contributed by atoms with van der Waals surface area (Å²) in [5.41, 5.74) is 1.36. The van der Waals surface area contributed by atoms with Gasteiger partial charge in [0, 0.05) is 7.05 Å². The molecular formula is C11H10ClN3O2S. The third kappa shape index (κ3) is 2.60. The Morgan fingerprint density at radius 2 is 2.44 bits per heavy atom. The first kappa shape index (κ1) is 12.8. The average Bonchev–Trinajstić information content (AvgIpc) is 2.93. The first-order chi connectivity index (χ1) is 8.59. The Morgan fingerprint density at radius 1 is 1.67 bits per heavy atom. The fourth-order valence-corrected chi connectivity index (χ4v) is 2.18. The summed E-state index contributed by atoms with van der Waals surface area (Å²) in [5, 5.41) is 9.98. The van der Waals surface area contributed by atoms with Gasteiger partial charge in [-0.25, -0.2) is 4.79 Å². The van der Waals surface area contributed by atoms with Crippen molar-refractivity contribution in [3.63, 3.8) is 0 Å². The number of halogens is 1. The van der Waals surface area contributed by atoms with E-state index >= 15 is 0 Å². The van der Waals surface area contributed by atoms with Gasteiger partial charge in [-0.05, 0) is 18.4 Å². The Labute approximate surface area is 113 Å². The molecule has 18 heavy (non-hydrogen) atoms. The number of aryl methyl sites for hydroxylation is 2. The number of hydrogen-bond donors (Lipinski definition) is 0. The van der Waals surface area contributed by atoms with E-state index in [1.54, 1.807) is 31.5 Å². The summed E-state index contributed by atoms with van der Waals surface area (Å²) >= 11 is 7.30.